The number of hydrogen-bond acceptors (Lipinski definition) is 9. The van der Waals surface area contributed by atoms with E-state index in [2.05, 4.69) is 14.7 Å². The number of anilines is 1. The molecule has 0 N–H and O–H groups in total. The Morgan fingerprint density at radius 1 is 1.29 bits per heavy atom. The topological polar surface area (TPSA) is 139 Å². The molecule has 1 aliphatic heterocycles. The number of aryl methyl sites for hydroxylation is 1. The van der Waals surface area contributed by atoms with E-state index in [1.165, 1.54) is 6.07 Å². The quantitative estimate of drug-likeness (QED) is 0.339. The van der Waals surface area contributed by atoms with Gasteiger partial charge in [0.1, 0.15) is 22.4 Å². The molecule has 34 heavy (non-hydrogen) atoms. The Hall–Kier alpha value is -3.45. The zero-order chi connectivity index (χ0) is 25.4. The summed E-state index contributed by atoms with van der Waals surface area (Å²) in [6.07, 6.45) is -7.12. The Labute approximate surface area is 188 Å². The number of sulfone groups is 1. The number of hydrogen-bond donors (Lipinski definition) is 0. The second kappa shape index (κ2) is 9.06. The van der Waals surface area contributed by atoms with E-state index in [9.17, 15) is 45.7 Å². The van der Waals surface area contributed by atoms with Crippen LogP contribution < -0.4 is 4.90 Å². The molecule has 2 heterocycles. The summed E-state index contributed by atoms with van der Waals surface area (Å²) in [5.41, 5.74) is -2.21. The van der Waals surface area contributed by atoms with Crippen molar-refractivity contribution in [3.63, 3.8) is 0 Å². The van der Waals surface area contributed by atoms with E-state index in [1.54, 1.807) is 0 Å². The minimum absolute atomic E-state index is 0.283. The average molecular weight is 507 g/mol. The van der Waals surface area contributed by atoms with E-state index in [0.29, 0.717) is 12.1 Å². The van der Waals surface area contributed by atoms with E-state index in [4.69, 9.17) is 0 Å². The van der Waals surface area contributed by atoms with Crippen molar-refractivity contribution in [1.82, 2.24) is 9.97 Å². The maximum Gasteiger partial charge on any atom is 0.416 e. The summed E-state index contributed by atoms with van der Waals surface area (Å²) in [5, 5.41) is 18.9. The zero-order valence-corrected chi connectivity index (χ0v) is 17.9. The number of benzene rings is 1. The van der Waals surface area contributed by atoms with Crippen molar-refractivity contribution in [2.45, 2.75) is 29.3 Å². The van der Waals surface area contributed by atoms with Gasteiger partial charge in [0, 0.05) is 6.54 Å². The van der Waals surface area contributed by atoms with E-state index < -0.39 is 79.2 Å². The summed E-state index contributed by atoms with van der Waals surface area (Å²) in [5.74, 6) is -4.10. The first-order chi connectivity index (χ1) is 15.8. The minimum Gasteiger partial charge on any atom is -0.365 e. The molecular weight excluding hydrogens is 493 g/mol. The van der Waals surface area contributed by atoms with Crippen LogP contribution in [0, 0.1) is 40.0 Å². The first kappa shape index (κ1) is 25.2. The first-order valence-electron chi connectivity index (χ1n) is 9.32. The number of nitrogens with zero attached hydrogens (tertiary/aromatic N) is 5. The van der Waals surface area contributed by atoms with Gasteiger partial charge in [0.25, 0.3) is 0 Å². The molecule has 0 bridgehead atoms. The van der Waals surface area contributed by atoms with Gasteiger partial charge in [0.15, 0.2) is 11.8 Å². The number of nitriles is 1. The van der Waals surface area contributed by atoms with Gasteiger partial charge in [0.05, 0.1) is 24.1 Å². The normalized spacial score (nSPS) is 17.8. The maximum absolute atomic E-state index is 14.2. The Morgan fingerprint density at radius 3 is 2.44 bits per heavy atom. The monoisotopic (exact) mass is 507 g/mol. The molecule has 0 spiro atoms. The molecule has 0 aliphatic carbocycles. The van der Waals surface area contributed by atoms with Crippen LogP contribution in [0.25, 0.3) is 0 Å². The molecule has 1 fully saturated rings. The van der Waals surface area contributed by atoms with Crippen LogP contribution in [-0.2, 0) is 14.6 Å². The Balaban J connectivity index is 2.22. The summed E-state index contributed by atoms with van der Waals surface area (Å²) < 4.78 is 98.5. The fourth-order valence-corrected chi connectivity index (χ4v) is 4.85. The third kappa shape index (κ3) is 4.61. The molecule has 16 heteroatoms. The molecule has 0 saturated carbocycles. The lowest BCUT2D eigenvalue weighted by Crippen LogP contribution is -2.49. The van der Waals surface area contributed by atoms with Crippen LogP contribution in [-0.4, -0.2) is 55.3 Å². The molecule has 0 amide bonds. The molecule has 1 saturated heterocycles. The van der Waals surface area contributed by atoms with Crippen LogP contribution in [0.15, 0.2) is 23.1 Å². The minimum atomic E-state index is -5.25. The molecule has 0 radical (unpaired) electrons. The van der Waals surface area contributed by atoms with Crippen molar-refractivity contribution in [2.24, 2.45) is 0 Å². The summed E-state index contributed by atoms with van der Waals surface area (Å²) in [6.45, 7) is -0.523. The average Bonchev–Trinajstić information content (AvgIpc) is 2.72. The van der Waals surface area contributed by atoms with Gasteiger partial charge in [-0.1, -0.05) is 6.07 Å². The van der Waals surface area contributed by atoms with Gasteiger partial charge in [-0.15, -0.1) is 0 Å². The number of alkyl halides is 3. The number of rotatable bonds is 5. The predicted octanol–water partition coefficient (Wildman–Crippen LogP) is 2.78. The van der Waals surface area contributed by atoms with Crippen molar-refractivity contribution in [3.8, 4) is 6.07 Å². The highest BCUT2D eigenvalue weighted by atomic mass is 32.2. The smallest absolute Gasteiger partial charge is 0.365 e. The van der Waals surface area contributed by atoms with Crippen LogP contribution in [0.5, 0.6) is 0 Å². The molecule has 1 aromatic heterocycles. The van der Waals surface area contributed by atoms with E-state index in [-0.39, 0.29) is 12.4 Å². The molecular formula is C18H14F5N5O5S. The fraction of sp³-hybridized carbons (Fsp3) is 0.389. The highest BCUT2D eigenvalue weighted by Crippen LogP contribution is 2.40. The second-order valence-corrected chi connectivity index (χ2v) is 9.01. The molecule has 182 valence electrons. The molecule has 2 aromatic rings. The summed E-state index contributed by atoms with van der Waals surface area (Å²) in [4.78, 5) is 17.5. The van der Waals surface area contributed by atoms with Crippen molar-refractivity contribution < 1.29 is 40.0 Å². The second-order valence-electron chi connectivity index (χ2n) is 7.04. The zero-order valence-electron chi connectivity index (χ0n) is 17.1. The van der Waals surface area contributed by atoms with Crippen molar-refractivity contribution in [1.29, 1.82) is 5.26 Å². The van der Waals surface area contributed by atoms with Crippen LogP contribution in [0.3, 0.4) is 0 Å². The van der Waals surface area contributed by atoms with Crippen LogP contribution >= 0.6 is 0 Å². The van der Waals surface area contributed by atoms with Crippen molar-refractivity contribution in [2.75, 3.05) is 24.6 Å². The van der Waals surface area contributed by atoms with Crippen molar-refractivity contribution in [3.05, 3.63) is 51.5 Å². The molecule has 2 unspecified atom stereocenters. The SMILES string of the molecule is Cc1nc(C(C#N)S(=O)(=O)c2c(F)cccc2F)c([N+](=O)[O-])c(N2CCOC(C(F)(F)F)C2)n1. The van der Waals surface area contributed by atoms with Crippen LogP contribution in [0.4, 0.5) is 33.5 Å². The summed E-state index contributed by atoms with van der Waals surface area (Å²) >= 11 is 0. The third-order valence-corrected chi connectivity index (χ3v) is 6.71. The summed E-state index contributed by atoms with van der Waals surface area (Å²) in [6, 6.07) is 3.35. The van der Waals surface area contributed by atoms with Gasteiger partial charge in [-0.05, 0) is 19.1 Å². The largest absolute Gasteiger partial charge is 0.416 e. The number of aromatic nitrogens is 2. The van der Waals surface area contributed by atoms with E-state index >= 15 is 0 Å². The van der Waals surface area contributed by atoms with Gasteiger partial charge in [-0.25, -0.2) is 27.2 Å². The van der Waals surface area contributed by atoms with Gasteiger partial charge in [-0.2, -0.15) is 18.4 Å². The number of ether oxygens (including phenoxy) is 1. The van der Waals surface area contributed by atoms with Crippen LogP contribution in [0.2, 0.25) is 0 Å². The van der Waals surface area contributed by atoms with Gasteiger partial charge >= 0.3 is 11.9 Å². The standard InChI is InChI=1S/C18H14F5N5O5S/c1-9-25-14(12(7-24)34(31,32)16-10(19)3-2-4-11(16)20)15(28(29)30)17(26-9)27-5-6-33-13(8-27)18(21,22)23/h2-4,12-13H,5-6,8H2,1H3. The number of halogens is 5. The Morgan fingerprint density at radius 2 is 1.91 bits per heavy atom. The molecule has 2 atom stereocenters. The van der Waals surface area contributed by atoms with Gasteiger partial charge in [0.2, 0.25) is 20.9 Å². The first-order valence-corrected chi connectivity index (χ1v) is 10.9. The number of morpholine rings is 1. The van der Waals surface area contributed by atoms with Gasteiger partial charge < -0.3 is 9.64 Å². The van der Waals surface area contributed by atoms with Crippen molar-refractivity contribution >= 4 is 21.3 Å². The molecule has 3 rings (SSSR count). The van der Waals surface area contributed by atoms with E-state index in [0.717, 1.165) is 17.9 Å². The Kier molecular flexibility index (Phi) is 6.71. The molecule has 10 nitrogen and oxygen atoms in total. The molecule has 1 aromatic carbocycles. The number of nitro groups is 1. The van der Waals surface area contributed by atoms with Crippen LogP contribution in [0.1, 0.15) is 16.8 Å². The Bertz CT molecular complexity index is 1260. The third-order valence-electron chi connectivity index (χ3n) is 4.80. The lowest BCUT2D eigenvalue weighted by atomic mass is 10.2. The lowest BCUT2D eigenvalue weighted by molar-refractivity contribution is -0.385. The van der Waals surface area contributed by atoms with E-state index in [1.807, 2.05) is 0 Å². The maximum atomic E-state index is 14.2. The summed E-state index contributed by atoms with van der Waals surface area (Å²) in [7, 11) is -5.25. The fourth-order valence-electron chi connectivity index (χ4n) is 3.34. The highest BCUT2D eigenvalue weighted by molar-refractivity contribution is 7.92. The predicted molar refractivity (Wildman–Crippen MR) is 103 cm³/mol. The molecule has 1 aliphatic rings. The van der Waals surface area contributed by atoms with Gasteiger partial charge in [-0.3, -0.25) is 10.1 Å². The highest BCUT2D eigenvalue weighted by Gasteiger charge is 2.46. The lowest BCUT2D eigenvalue weighted by Gasteiger charge is -2.34.